The van der Waals surface area contributed by atoms with Crippen LogP contribution in [0.1, 0.15) is 0 Å². The number of hydrogen-bond acceptors (Lipinski definition) is 3. The molecule has 0 spiro atoms. The first kappa shape index (κ1) is 25.9. The second-order valence-corrected chi connectivity index (χ2v) is 14.1. The summed E-state index contributed by atoms with van der Waals surface area (Å²) in [6, 6.07) is 50.4. The second kappa shape index (κ2) is 9.99. The molecule has 1 aliphatic rings. The highest BCUT2D eigenvalue weighted by molar-refractivity contribution is 7.85. The van der Waals surface area contributed by atoms with Gasteiger partial charge in [-0.2, -0.15) is 0 Å². The Balaban J connectivity index is 1.20. The molecule has 1 N–H and O–H groups in total. The SMILES string of the molecule is O=P(c1ccccc1)(c1ccccc1)c1cccc2c1[nH]c1c(-c3ccc4c(c3)Oc3cc5ccccc5cc3O4)cccc12. The first-order valence-electron chi connectivity index (χ1n) is 14.9. The van der Waals surface area contributed by atoms with Crippen molar-refractivity contribution in [1.82, 2.24) is 4.98 Å². The number of fused-ring (bicyclic) bond motifs is 6. The molecule has 0 radical (unpaired) electrons. The van der Waals surface area contributed by atoms with Crippen LogP contribution in [-0.4, -0.2) is 4.98 Å². The van der Waals surface area contributed by atoms with Gasteiger partial charge in [0.2, 0.25) is 0 Å². The van der Waals surface area contributed by atoms with Gasteiger partial charge < -0.3 is 19.0 Å². The molecule has 1 aliphatic heterocycles. The van der Waals surface area contributed by atoms with Crippen molar-refractivity contribution >= 4 is 55.6 Å². The first-order chi connectivity index (χ1) is 22.2. The van der Waals surface area contributed by atoms with Crippen LogP contribution in [0.4, 0.5) is 0 Å². The van der Waals surface area contributed by atoms with Crippen molar-refractivity contribution in [2.24, 2.45) is 0 Å². The lowest BCUT2D eigenvalue weighted by molar-refractivity contribution is 0.360. The van der Waals surface area contributed by atoms with Gasteiger partial charge in [-0.15, -0.1) is 0 Å². The van der Waals surface area contributed by atoms with Crippen molar-refractivity contribution in [3.05, 3.63) is 152 Å². The van der Waals surface area contributed by atoms with Crippen LogP contribution in [0.5, 0.6) is 23.0 Å². The van der Waals surface area contributed by atoms with E-state index in [9.17, 15) is 0 Å². The molecule has 0 amide bonds. The Morgan fingerprint density at radius 1 is 0.467 bits per heavy atom. The predicted molar refractivity (Wildman–Crippen MR) is 185 cm³/mol. The third-order valence-corrected chi connectivity index (χ3v) is 11.8. The summed E-state index contributed by atoms with van der Waals surface area (Å²) >= 11 is 0. The van der Waals surface area contributed by atoms with Gasteiger partial charge in [-0.25, -0.2) is 0 Å². The van der Waals surface area contributed by atoms with E-state index >= 15 is 4.57 Å². The fraction of sp³-hybridized carbons (Fsp3) is 0. The van der Waals surface area contributed by atoms with Crippen molar-refractivity contribution in [3.63, 3.8) is 0 Å². The summed E-state index contributed by atoms with van der Waals surface area (Å²) < 4.78 is 28.0. The van der Waals surface area contributed by atoms with E-state index in [0.29, 0.717) is 23.0 Å². The Hall–Kier alpha value is -5.57. The molecule has 0 saturated heterocycles. The number of rotatable bonds is 4. The Kier molecular flexibility index (Phi) is 5.74. The monoisotopic (exact) mass is 599 g/mol. The van der Waals surface area contributed by atoms with Crippen LogP contribution < -0.4 is 25.4 Å². The number of H-pyrrole nitrogens is 1. The molecule has 4 nitrogen and oxygen atoms in total. The summed E-state index contributed by atoms with van der Waals surface area (Å²) in [5.41, 5.74) is 3.89. The van der Waals surface area contributed by atoms with E-state index in [1.54, 1.807) is 0 Å². The second-order valence-electron chi connectivity index (χ2n) is 11.3. The third kappa shape index (κ3) is 4.03. The van der Waals surface area contributed by atoms with Crippen LogP contribution in [-0.2, 0) is 4.57 Å². The highest BCUT2D eigenvalue weighted by atomic mass is 31.2. The molecule has 2 heterocycles. The lowest BCUT2D eigenvalue weighted by Crippen LogP contribution is -2.25. The number of hydrogen-bond donors (Lipinski definition) is 1. The zero-order chi connectivity index (χ0) is 30.0. The van der Waals surface area contributed by atoms with Crippen LogP contribution in [0.15, 0.2) is 152 Å². The Morgan fingerprint density at radius 2 is 1.02 bits per heavy atom. The molecule has 8 aromatic rings. The zero-order valence-corrected chi connectivity index (χ0v) is 25.0. The van der Waals surface area contributed by atoms with Gasteiger partial charge in [0.1, 0.15) is 0 Å². The van der Waals surface area contributed by atoms with Gasteiger partial charge in [0.25, 0.3) is 0 Å². The highest BCUT2D eigenvalue weighted by Gasteiger charge is 2.32. The molecular formula is C40H26NO3P. The standard InChI is InChI=1S/C40H26NO3P/c42-45(29-13-3-1-4-14-29,30-15-5-2-6-16-30)38-20-10-19-33-32-18-9-17-31(39(32)41-40(33)38)28-21-22-34-35(25-28)44-37-24-27-12-8-7-11-26(27)23-36(37)43-34/h1-25,41H. The quantitative estimate of drug-likeness (QED) is 0.205. The Bertz CT molecular complexity index is 2420. The topological polar surface area (TPSA) is 51.3 Å². The van der Waals surface area contributed by atoms with Gasteiger partial charge in [0, 0.05) is 32.2 Å². The molecule has 0 bridgehead atoms. The predicted octanol–water partition coefficient (Wildman–Crippen LogP) is 9.68. The first-order valence-corrected chi connectivity index (χ1v) is 16.7. The fourth-order valence-electron chi connectivity index (χ4n) is 6.57. The highest BCUT2D eigenvalue weighted by Crippen LogP contribution is 2.49. The molecule has 0 unspecified atom stereocenters. The lowest BCUT2D eigenvalue weighted by Gasteiger charge is -2.22. The largest absolute Gasteiger partial charge is 0.449 e. The van der Waals surface area contributed by atoms with Crippen molar-refractivity contribution in [3.8, 4) is 34.1 Å². The van der Waals surface area contributed by atoms with E-state index in [2.05, 4.69) is 47.4 Å². The molecule has 9 rings (SSSR count). The average molecular weight is 600 g/mol. The summed E-state index contributed by atoms with van der Waals surface area (Å²) in [6.45, 7) is 0. The Labute approximate surface area is 259 Å². The van der Waals surface area contributed by atoms with Crippen molar-refractivity contribution < 1.29 is 14.0 Å². The van der Waals surface area contributed by atoms with Gasteiger partial charge in [-0.3, -0.25) is 0 Å². The molecule has 45 heavy (non-hydrogen) atoms. The number of ether oxygens (including phenoxy) is 2. The lowest BCUT2D eigenvalue weighted by atomic mass is 10.0. The summed E-state index contributed by atoms with van der Waals surface area (Å²) in [6.07, 6.45) is 0. The van der Waals surface area contributed by atoms with Crippen LogP contribution in [0.25, 0.3) is 43.7 Å². The Morgan fingerprint density at radius 3 is 1.69 bits per heavy atom. The van der Waals surface area contributed by atoms with Crippen LogP contribution >= 0.6 is 7.14 Å². The van der Waals surface area contributed by atoms with Gasteiger partial charge in [-0.1, -0.05) is 121 Å². The van der Waals surface area contributed by atoms with Gasteiger partial charge in [-0.05, 0) is 46.7 Å². The molecule has 7 aromatic carbocycles. The van der Waals surface area contributed by atoms with Gasteiger partial charge >= 0.3 is 0 Å². The van der Waals surface area contributed by atoms with E-state index in [1.165, 1.54) is 0 Å². The molecule has 0 fully saturated rings. The van der Waals surface area contributed by atoms with Gasteiger partial charge in [0.15, 0.2) is 30.1 Å². The summed E-state index contributed by atoms with van der Waals surface area (Å²) in [5, 5.41) is 6.73. The maximum Gasteiger partial charge on any atom is 0.173 e. The number of benzene rings is 7. The van der Waals surface area contributed by atoms with E-state index in [1.807, 2.05) is 109 Å². The molecular weight excluding hydrogens is 573 g/mol. The smallest absolute Gasteiger partial charge is 0.173 e. The minimum absolute atomic E-state index is 0.668. The van der Waals surface area contributed by atoms with E-state index in [-0.39, 0.29) is 0 Å². The number of nitrogens with one attached hydrogen (secondary N) is 1. The van der Waals surface area contributed by atoms with E-state index < -0.39 is 7.14 Å². The molecule has 214 valence electrons. The minimum atomic E-state index is -3.20. The number of aromatic nitrogens is 1. The zero-order valence-electron chi connectivity index (χ0n) is 24.1. The van der Waals surface area contributed by atoms with Crippen LogP contribution in [0.3, 0.4) is 0 Å². The summed E-state index contributed by atoms with van der Waals surface area (Å²) in [4.78, 5) is 3.73. The van der Waals surface area contributed by atoms with Gasteiger partial charge in [0.05, 0.1) is 11.0 Å². The molecule has 5 heteroatoms. The van der Waals surface area contributed by atoms with Crippen molar-refractivity contribution in [2.75, 3.05) is 0 Å². The van der Waals surface area contributed by atoms with Crippen molar-refractivity contribution in [2.45, 2.75) is 0 Å². The number of aromatic amines is 1. The summed E-state index contributed by atoms with van der Waals surface area (Å²) in [5.74, 6) is 2.76. The van der Waals surface area contributed by atoms with E-state index in [0.717, 1.165) is 59.6 Å². The third-order valence-electron chi connectivity index (χ3n) is 8.73. The number of para-hydroxylation sites is 2. The molecule has 0 atom stereocenters. The fourth-order valence-corrected chi connectivity index (χ4v) is 9.40. The summed E-state index contributed by atoms with van der Waals surface area (Å²) in [7, 11) is -3.20. The molecule has 0 saturated carbocycles. The minimum Gasteiger partial charge on any atom is -0.449 e. The maximum atomic E-state index is 15.4. The molecule has 0 aliphatic carbocycles. The average Bonchev–Trinajstić information content (AvgIpc) is 3.49. The molecule has 1 aromatic heterocycles. The van der Waals surface area contributed by atoms with Crippen LogP contribution in [0.2, 0.25) is 0 Å². The maximum absolute atomic E-state index is 15.4. The normalized spacial score (nSPS) is 12.4. The van der Waals surface area contributed by atoms with E-state index in [4.69, 9.17) is 9.47 Å². The van der Waals surface area contributed by atoms with Crippen molar-refractivity contribution in [1.29, 1.82) is 0 Å². The van der Waals surface area contributed by atoms with Crippen LogP contribution in [0, 0.1) is 0 Å².